The first-order valence-corrected chi connectivity index (χ1v) is 8.35. The molecule has 1 aromatic carbocycles. The summed E-state index contributed by atoms with van der Waals surface area (Å²) in [6.45, 7) is 2.90. The quantitative estimate of drug-likeness (QED) is 0.525. The van der Waals surface area contributed by atoms with Crippen LogP contribution in [0.2, 0.25) is 0 Å². The van der Waals surface area contributed by atoms with E-state index in [4.69, 9.17) is 0 Å². The minimum atomic E-state index is -6.20. The van der Waals surface area contributed by atoms with Crippen LogP contribution in [0, 0.1) is 6.92 Å². The third-order valence-electron chi connectivity index (χ3n) is 3.59. The maximum Gasteiger partial charge on any atom is 0.435 e. The molecule has 1 aromatic heterocycles. The van der Waals surface area contributed by atoms with Gasteiger partial charge in [-0.25, -0.2) is 4.39 Å². The van der Waals surface area contributed by atoms with E-state index in [9.17, 15) is 30.7 Å². The van der Waals surface area contributed by atoms with E-state index >= 15 is 0 Å². The molecule has 0 saturated heterocycles. The Labute approximate surface area is 150 Å². The molecular formula is C14H10BrF7N2S. The molecule has 0 unspecified atom stereocenters. The van der Waals surface area contributed by atoms with Crippen LogP contribution in [0.5, 0.6) is 0 Å². The lowest BCUT2D eigenvalue weighted by Gasteiger charge is -2.32. The first-order valence-electron chi connectivity index (χ1n) is 6.79. The molecule has 11 heteroatoms. The summed E-state index contributed by atoms with van der Waals surface area (Å²) in [4.78, 5) is -0.0694. The maximum absolute atomic E-state index is 14.7. The summed E-state index contributed by atoms with van der Waals surface area (Å²) in [7, 11) is 0. The Morgan fingerprint density at radius 3 is 2.00 bits per heavy atom. The number of hydrogen-bond acceptors (Lipinski definition) is 3. The normalized spacial score (nSPS) is 13.4. The molecule has 2 aromatic rings. The highest BCUT2D eigenvalue weighted by molar-refractivity contribution is 9.10. The number of halogens is 8. The van der Waals surface area contributed by atoms with Crippen LogP contribution in [-0.2, 0) is 12.1 Å². The number of aryl methyl sites for hydroxylation is 2. The van der Waals surface area contributed by atoms with Gasteiger partial charge in [0, 0.05) is 15.6 Å². The van der Waals surface area contributed by atoms with E-state index in [-0.39, 0.29) is 27.0 Å². The lowest BCUT2D eigenvalue weighted by molar-refractivity contribution is -0.348. The molecule has 0 N–H and O–H groups in total. The Balaban J connectivity index is 2.96. The predicted octanol–water partition coefficient (Wildman–Crippen LogP) is 6.13. The molecule has 138 valence electrons. The van der Waals surface area contributed by atoms with Crippen molar-refractivity contribution in [1.29, 1.82) is 0 Å². The maximum atomic E-state index is 14.7. The van der Waals surface area contributed by atoms with Crippen LogP contribution >= 0.6 is 27.5 Å². The topological polar surface area (TPSA) is 25.8 Å². The molecule has 0 spiro atoms. The molecule has 0 saturated carbocycles. The number of alkyl halides is 7. The second-order valence-corrected chi connectivity index (χ2v) is 6.80. The molecule has 0 aliphatic heterocycles. The Bertz CT molecular complexity index is 768. The van der Waals surface area contributed by atoms with E-state index in [1.165, 1.54) is 19.9 Å². The van der Waals surface area contributed by atoms with Crippen molar-refractivity contribution in [3.63, 3.8) is 0 Å². The van der Waals surface area contributed by atoms with Crippen molar-refractivity contribution in [2.24, 2.45) is 0 Å². The van der Waals surface area contributed by atoms with Crippen LogP contribution in [0.3, 0.4) is 0 Å². The van der Waals surface area contributed by atoms with Gasteiger partial charge in [-0.2, -0.15) is 26.3 Å². The molecular weight excluding hydrogens is 441 g/mol. The third-order valence-corrected chi connectivity index (χ3v) is 5.06. The molecule has 0 atom stereocenters. The summed E-state index contributed by atoms with van der Waals surface area (Å²) in [6, 6.07) is 1.95. The Morgan fingerprint density at radius 1 is 1.04 bits per heavy atom. The lowest BCUT2D eigenvalue weighted by atomic mass is 9.87. The minimum Gasteiger partial charge on any atom is -0.218 e. The molecule has 0 radical (unpaired) electrons. The van der Waals surface area contributed by atoms with Gasteiger partial charge in [0.25, 0.3) is 0 Å². The number of benzene rings is 1. The van der Waals surface area contributed by atoms with E-state index in [1.54, 1.807) is 0 Å². The van der Waals surface area contributed by atoms with Crippen LogP contribution < -0.4 is 0 Å². The molecule has 0 fully saturated rings. The zero-order chi connectivity index (χ0) is 19.2. The van der Waals surface area contributed by atoms with E-state index < -0.39 is 29.1 Å². The first-order chi connectivity index (χ1) is 11.3. The highest BCUT2D eigenvalue weighted by Gasteiger charge is 2.74. The van der Waals surface area contributed by atoms with Gasteiger partial charge in [0.15, 0.2) is 0 Å². The molecule has 2 rings (SSSR count). The van der Waals surface area contributed by atoms with Crippen molar-refractivity contribution >= 4 is 27.5 Å². The van der Waals surface area contributed by atoms with Gasteiger partial charge in [0.1, 0.15) is 0 Å². The van der Waals surface area contributed by atoms with Gasteiger partial charge in [-0.3, -0.25) is 0 Å². The van der Waals surface area contributed by atoms with Gasteiger partial charge >= 0.3 is 18.0 Å². The third kappa shape index (κ3) is 3.27. The minimum absolute atomic E-state index is 0.0694. The standard InChI is InChI=1S/C14H10BrF7N2S/c1-3-7-4-8(12(16,13(17,18)19)14(20,21)22)10(9(15)5-7)11-6(2)23-24-25-11/h4-5H,3H2,1-2H3. The summed E-state index contributed by atoms with van der Waals surface area (Å²) < 4.78 is 97.6. The Kier molecular flexibility index (Phi) is 5.22. The highest BCUT2D eigenvalue weighted by Crippen LogP contribution is 2.56. The summed E-state index contributed by atoms with van der Waals surface area (Å²) in [5.41, 5.74) is -7.38. The second kappa shape index (κ2) is 6.49. The Hall–Kier alpha value is -1.23. The lowest BCUT2D eigenvalue weighted by Crippen LogP contribution is -2.50. The van der Waals surface area contributed by atoms with Crippen LogP contribution in [0.15, 0.2) is 16.6 Å². The second-order valence-electron chi connectivity index (χ2n) is 5.20. The van der Waals surface area contributed by atoms with Crippen LogP contribution in [0.4, 0.5) is 30.7 Å². The summed E-state index contributed by atoms with van der Waals surface area (Å²) in [6.07, 6.45) is -12.3. The molecule has 0 amide bonds. The van der Waals surface area contributed by atoms with Gasteiger partial charge in [0.05, 0.1) is 10.6 Å². The molecule has 0 bridgehead atoms. The van der Waals surface area contributed by atoms with Gasteiger partial charge in [-0.05, 0) is 36.5 Å². The molecule has 0 aliphatic carbocycles. The van der Waals surface area contributed by atoms with Crippen LogP contribution in [-0.4, -0.2) is 21.9 Å². The van der Waals surface area contributed by atoms with Gasteiger partial charge in [-0.1, -0.05) is 33.4 Å². The van der Waals surface area contributed by atoms with E-state index in [2.05, 4.69) is 25.5 Å². The van der Waals surface area contributed by atoms with E-state index in [0.29, 0.717) is 17.6 Å². The average molecular weight is 451 g/mol. The van der Waals surface area contributed by atoms with Gasteiger partial charge in [0.2, 0.25) is 0 Å². The van der Waals surface area contributed by atoms with Crippen LogP contribution in [0.1, 0.15) is 23.7 Å². The number of rotatable bonds is 3. The highest BCUT2D eigenvalue weighted by atomic mass is 79.9. The van der Waals surface area contributed by atoms with Crippen molar-refractivity contribution in [1.82, 2.24) is 9.59 Å². The van der Waals surface area contributed by atoms with Crippen molar-refractivity contribution in [2.45, 2.75) is 38.3 Å². The summed E-state index contributed by atoms with van der Waals surface area (Å²) >= 11 is 3.56. The fourth-order valence-corrected chi connectivity index (χ4v) is 3.86. The van der Waals surface area contributed by atoms with E-state index in [1.807, 2.05) is 0 Å². The van der Waals surface area contributed by atoms with Gasteiger partial charge < -0.3 is 0 Å². The monoisotopic (exact) mass is 450 g/mol. The smallest absolute Gasteiger partial charge is 0.218 e. The summed E-state index contributed by atoms with van der Waals surface area (Å²) in [5.74, 6) is 0. The predicted molar refractivity (Wildman–Crippen MR) is 82.1 cm³/mol. The van der Waals surface area contributed by atoms with Gasteiger partial charge in [-0.15, -0.1) is 5.10 Å². The fraction of sp³-hybridized carbons (Fsp3) is 0.429. The number of aromatic nitrogens is 2. The van der Waals surface area contributed by atoms with Crippen molar-refractivity contribution in [2.75, 3.05) is 0 Å². The first kappa shape index (κ1) is 20.1. The van der Waals surface area contributed by atoms with Crippen molar-refractivity contribution in [3.05, 3.63) is 33.4 Å². The Morgan fingerprint density at radius 2 is 1.60 bits per heavy atom. The number of hydrogen-bond donors (Lipinski definition) is 0. The molecule has 1 heterocycles. The SMILES string of the molecule is CCc1cc(Br)c(-c2snnc2C)c(C(F)(C(F)(F)F)C(F)(F)F)c1. The summed E-state index contributed by atoms with van der Waals surface area (Å²) in [5, 5.41) is 3.59. The molecule has 25 heavy (non-hydrogen) atoms. The van der Waals surface area contributed by atoms with E-state index in [0.717, 1.165) is 0 Å². The largest absolute Gasteiger partial charge is 0.435 e. The molecule has 0 aliphatic rings. The zero-order valence-electron chi connectivity index (χ0n) is 12.7. The average Bonchev–Trinajstić information content (AvgIpc) is 2.88. The van der Waals surface area contributed by atoms with Crippen molar-refractivity contribution in [3.8, 4) is 10.4 Å². The zero-order valence-corrected chi connectivity index (χ0v) is 15.1. The fourth-order valence-electron chi connectivity index (χ4n) is 2.30. The van der Waals surface area contributed by atoms with Crippen molar-refractivity contribution < 1.29 is 30.7 Å². The number of nitrogens with zero attached hydrogens (tertiary/aromatic N) is 2. The molecule has 2 nitrogen and oxygen atoms in total. The van der Waals surface area contributed by atoms with Crippen LogP contribution in [0.25, 0.3) is 10.4 Å².